The Morgan fingerprint density at radius 3 is 2.95 bits per heavy atom. The van der Waals surface area contributed by atoms with Gasteiger partial charge >= 0.3 is 0 Å². The lowest BCUT2D eigenvalue weighted by molar-refractivity contribution is 0.700. The number of nitrogens with one attached hydrogen (secondary N) is 1. The quantitative estimate of drug-likeness (QED) is 0.870. The number of nitrogens with zero attached hydrogens (tertiary/aromatic N) is 3. The molecule has 0 atom stereocenters. The predicted octanol–water partition coefficient (Wildman–Crippen LogP) is 3.22. The van der Waals surface area contributed by atoms with Gasteiger partial charge < -0.3 is 4.90 Å². The minimum absolute atomic E-state index is 0.543. The van der Waals surface area contributed by atoms with Crippen molar-refractivity contribution in [3.05, 3.63) is 40.2 Å². The number of benzene rings is 1. The molecule has 1 aliphatic carbocycles. The molecule has 0 bridgehead atoms. The summed E-state index contributed by atoms with van der Waals surface area (Å²) in [6.07, 6.45) is 2.41. The van der Waals surface area contributed by atoms with Gasteiger partial charge in [-0.3, -0.25) is 4.57 Å². The van der Waals surface area contributed by atoms with Gasteiger partial charge in [-0.25, -0.2) is 5.10 Å². The van der Waals surface area contributed by atoms with Gasteiger partial charge in [0.1, 0.15) is 0 Å². The summed E-state index contributed by atoms with van der Waals surface area (Å²) in [6, 6.07) is 9.10. The van der Waals surface area contributed by atoms with Crippen LogP contribution in [0.1, 0.15) is 30.0 Å². The molecule has 0 unspecified atom stereocenters. The molecule has 19 heavy (non-hydrogen) atoms. The Labute approximate surface area is 118 Å². The molecule has 0 radical (unpaired) electrons. The molecule has 1 saturated carbocycles. The molecule has 4 nitrogen and oxygen atoms in total. The minimum atomic E-state index is 0.543. The molecule has 1 aromatic heterocycles. The van der Waals surface area contributed by atoms with E-state index in [0.29, 0.717) is 6.04 Å². The van der Waals surface area contributed by atoms with Gasteiger partial charge in [-0.05, 0) is 37.5 Å². The third-order valence-corrected chi connectivity index (χ3v) is 3.73. The lowest BCUT2D eigenvalue weighted by atomic mass is 10.1. The first-order chi connectivity index (χ1) is 9.15. The molecule has 1 fully saturated rings. The Bertz CT molecular complexity index is 639. The monoisotopic (exact) mass is 274 g/mol. The van der Waals surface area contributed by atoms with Crippen LogP contribution in [0.5, 0.6) is 0 Å². The van der Waals surface area contributed by atoms with Gasteiger partial charge in [-0.2, -0.15) is 0 Å². The Kier molecular flexibility index (Phi) is 3.14. The van der Waals surface area contributed by atoms with Gasteiger partial charge in [-0.15, -0.1) is 5.10 Å². The van der Waals surface area contributed by atoms with Crippen LogP contribution in [0.25, 0.3) is 0 Å². The number of hydrogen-bond acceptors (Lipinski definition) is 3. The van der Waals surface area contributed by atoms with Gasteiger partial charge in [0.05, 0.1) is 0 Å². The average molecular weight is 274 g/mol. The molecule has 3 rings (SSSR count). The molecular weight excluding hydrogens is 256 g/mol. The van der Waals surface area contributed by atoms with Crippen LogP contribution in [-0.2, 0) is 6.54 Å². The molecule has 100 valence electrons. The van der Waals surface area contributed by atoms with Crippen LogP contribution < -0.4 is 4.90 Å². The summed E-state index contributed by atoms with van der Waals surface area (Å²) < 4.78 is 2.87. The molecule has 1 N–H and O–H groups in total. The highest BCUT2D eigenvalue weighted by molar-refractivity contribution is 7.71. The van der Waals surface area contributed by atoms with E-state index in [4.69, 9.17) is 12.2 Å². The van der Waals surface area contributed by atoms with Crippen molar-refractivity contribution in [3.8, 4) is 0 Å². The molecule has 0 saturated heterocycles. The summed E-state index contributed by atoms with van der Waals surface area (Å²) in [5.74, 6) is 0.939. The van der Waals surface area contributed by atoms with Gasteiger partial charge in [0, 0.05) is 19.6 Å². The van der Waals surface area contributed by atoms with Crippen LogP contribution in [0.4, 0.5) is 5.95 Å². The number of H-pyrrole nitrogens is 1. The first-order valence-electron chi connectivity index (χ1n) is 6.59. The number of hydrogen-bond donors (Lipinski definition) is 1. The van der Waals surface area contributed by atoms with E-state index in [1.807, 2.05) is 0 Å². The number of aryl methyl sites for hydroxylation is 1. The van der Waals surface area contributed by atoms with Gasteiger partial charge in [0.15, 0.2) is 4.77 Å². The molecule has 5 heteroatoms. The number of aromatic amines is 1. The van der Waals surface area contributed by atoms with Crippen molar-refractivity contribution in [2.24, 2.45) is 0 Å². The summed E-state index contributed by atoms with van der Waals surface area (Å²) in [7, 11) is 2.06. The average Bonchev–Trinajstić information content (AvgIpc) is 3.12. The highest BCUT2D eigenvalue weighted by atomic mass is 32.1. The minimum Gasteiger partial charge on any atom is -0.340 e. The van der Waals surface area contributed by atoms with E-state index in [2.05, 4.69) is 57.9 Å². The fraction of sp³-hybridized carbons (Fsp3) is 0.429. The molecule has 0 spiro atoms. The largest absolute Gasteiger partial charge is 0.340 e. The van der Waals surface area contributed by atoms with Crippen molar-refractivity contribution < 1.29 is 0 Å². The van der Waals surface area contributed by atoms with Crippen LogP contribution in [0.3, 0.4) is 0 Å². The lowest BCUT2D eigenvalue weighted by Crippen LogP contribution is -2.20. The van der Waals surface area contributed by atoms with Crippen molar-refractivity contribution in [2.45, 2.75) is 32.4 Å². The van der Waals surface area contributed by atoms with Crippen molar-refractivity contribution >= 4 is 18.2 Å². The molecule has 1 heterocycles. The SMILES string of the molecule is Cc1cccc(CN(C)c2n[nH]c(=S)n2C2CC2)c1. The first kappa shape index (κ1) is 12.4. The maximum atomic E-state index is 5.31. The molecule has 0 aliphatic heterocycles. The third kappa shape index (κ3) is 2.56. The summed E-state index contributed by atoms with van der Waals surface area (Å²) in [4.78, 5) is 2.15. The highest BCUT2D eigenvalue weighted by Crippen LogP contribution is 2.37. The standard InChI is InChI=1S/C14H18N4S/c1-10-4-3-5-11(8-10)9-17(2)13-15-16-14(19)18(13)12-6-7-12/h3-5,8,12H,6-7,9H2,1-2H3,(H,16,19). The van der Waals surface area contributed by atoms with Crippen LogP contribution in [0.15, 0.2) is 24.3 Å². The van der Waals surface area contributed by atoms with Crippen LogP contribution >= 0.6 is 12.2 Å². The second-order valence-electron chi connectivity index (χ2n) is 5.28. The fourth-order valence-corrected chi connectivity index (χ4v) is 2.66. The molecule has 1 aromatic carbocycles. The highest BCUT2D eigenvalue weighted by Gasteiger charge is 2.28. The Hall–Kier alpha value is -1.62. The van der Waals surface area contributed by atoms with Crippen LogP contribution in [-0.4, -0.2) is 21.8 Å². The van der Waals surface area contributed by atoms with Crippen molar-refractivity contribution in [3.63, 3.8) is 0 Å². The predicted molar refractivity (Wildman–Crippen MR) is 79.0 cm³/mol. The molecular formula is C14H18N4S. The third-order valence-electron chi connectivity index (χ3n) is 3.44. The van der Waals surface area contributed by atoms with Crippen LogP contribution in [0, 0.1) is 11.7 Å². The van der Waals surface area contributed by atoms with Crippen molar-refractivity contribution in [1.82, 2.24) is 14.8 Å². The topological polar surface area (TPSA) is 36.9 Å². The van der Waals surface area contributed by atoms with Crippen molar-refractivity contribution in [1.29, 1.82) is 0 Å². The van der Waals surface area contributed by atoms with E-state index in [1.54, 1.807) is 0 Å². The van der Waals surface area contributed by atoms with Crippen molar-refractivity contribution in [2.75, 3.05) is 11.9 Å². The zero-order valence-electron chi connectivity index (χ0n) is 11.3. The van der Waals surface area contributed by atoms with E-state index >= 15 is 0 Å². The molecule has 0 amide bonds. The number of anilines is 1. The first-order valence-corrected chi connectivity index (χ1v) is 6.99. The van der Waals surface area contributed by atoms with E-state index in [-0.39, 0.29) is 0 Å². The normalized spacial score (nSPS) is 14.6. The molecule has 1 aliphatic rings. The number of rotatable bonds is 4. The van der Waals surface area contributed by atoms with E-state index in [9.17, 15) is 0 Å². The number of aromatic nitrogens is 3. The lowest BCUT2D eigenvalue weighted by Gasteiger charge is -2.19. The second-order valence-corrected chi connectivity index (χ2v) is 5.66. The zero-order valence-corrected chi connectivity index (χ0v) is 12.1. The second kappa shape index (κ2) is 4.81. The summed E-state index contributed by atoms with van der Waals surface area (Å²) >= 11 is 5.31. The fourth-order valence-electron chi connectivity index (χ4n) is 2.38. The maximum Gasteiger partial charge on any atom is 0.226 e. The maximum absolute atomic E-state index is 5.31. The van der Waals surface area contributed by atoms with Gasteiger partial charge in [-0.1, -0.05) is 29.8 Å². The van der Waals surface area contributed by atoms with Gasteiger partial charge in [0.25, 0.3) is 0 Å². The summed E-state index contributed by atoms with van der Waals surface area (Å²) in [5, 5.41) is 7.28. The van der Waals surface area contributed by atoms with E-state index < -0.39 is 0 Å². The Morgan fingerprint density at radius 1 is 1.47 bits per heavy atom. The Morgan fingerprint density at radius 2 is 2.26 bits per heavy atom. The van der Waals surface area contributed by atoms with Crippen LogP contribution in [0.2, 0.25) is 0 Å². The van der Waals surface area contributed by atoms with E-state index in [1.165, 1.54) is 24.0 Å². The smallest absolute Gasteiger partial charge is 0.226 e. The van der Waals surface area contributed by atoms with E-state index in [0.717, 1.165) is 17.3 Å². The summed E-state index contributed by atoms with van der Waals surface area (Å²) in [5.41, 5.74) is 2.57. The molecule has 2 aromatic rings. The van der Waals surface area contributed by atoms with Gasteiger partial charge in [0.2, 0.25) is 5.95 Å². The Balaban J connectivity index is 1.84. The summed E-state index contributed by atoms with van der Waals surface area (Å²) in [6.45, 7) is 2.96. The zero-order chi connectivity index (χ0) is 13.4.